The minimum Gasteiger partial charge on any atom is -0.0620 e. The standard InChI is InChI=1S/C34H30/c1-23-13-5-9-17-27(23)31-21-22-32(28-18-10-6-14-24(28)2)34(30-20-12-8-16-26(30)4)33(31)29-19-11-7-15-25(29)3/h5-22H,1-4H3. The highest BCUT2D eigenvalue weighted by Gasteiger charge is 2.22. The van der Waals surface area contributed by atoms with Crippen LogP contribution in [0.3, 0.4) is 0 Å². The quantitative estimate of drug-likeness (QED) is 0.262. The Morgan fingerprint density at radius 3 is 0.824 bits per heavy atom. The fraction of sp³-hybridized carbons (Fsp3) is 0.118. The molecule has 5 aromatic carbocycles. The molecular weight excluding hydrogens is 408 g/mol. The molecular formula is C34H30. The van der Waals surface area contributed by atoms with Gasteiger partial charge in [0.05, 0.1) is 0 Å². The van der Waals surface area contributed by atoms with Gasteiger partial charge >= 0.3 is 0 Å². The van der Waals surface area contributed by atoms with E-state index in [0.717, 1.165) is 0 Å². The molecule has 166 valence electrons. The van der Waals surface area contributed by atoms with Crippen LogP contribution in [0, 0.1) is 27.7 Å². The Hall–Kier alpha value is -3.90. The van der Waals surface area contributed by atoms with Crippen LogP contribution in [0.1, 0.15) is 22.3 Å². The Morgan fingerprint density at radius 1 is 0.265 bits per heavy atom. The summed E-state index contributed by atoms with van der Waals surface area (Å²) in [5.74, 6) is 0. The Kier molecular flexibility index (Phi) is 5.90. The third-order valence-corrected chi connectivity index (χ3v) is 6.90. The van der Waals surface area contributed by atoms with Crippen molar-refractivity contribution in [2.75, 3.05) is 0 Å². The van der Waals surface area contributed by atoms with Crippen LogP contribution in [0.5, 0.6) is 0 Å². The van der Waals surface area contributed by atoms with Crippen LogP contribution in [0.25, 0.3) is 44.5 Å². The molecule has 0 atom stereocenters. The molecule has 5 aromatic rings. The van der Waals surface area contributed by atoms with Crippen LogP contribution in [0.15, 0.2) is 109 Å². The Balaban J connectivity index is 1.99. The number of aryl methyl sites for hydroxylation is 4. The van der Waals surface area contributed by atoms with E-state index in [1.807, 2.05) is 0 Å². The Labute approximate surface area is 203 Å². The zero-order valence-corrected chi connectivity index (χ0v) is 20.4. The summed E-state index contributed by atoms with van der Waals surface area (Å²) in [7, 11) is 0. The molecule has 0 heteroatoms. The van der Waals surface area contributed by atoms with Gasteiger partial charge in [0.2, 0.25) is 0 Å². The van der Waals surface area contributed by atoms with E-state index < -0.39 is 0 Å². The van der Waals surface area contributed by atoms with E-state index in [-0.39, 0.29) is 0 Å². The molecule has 0 unspecified atom stereocenters. The second-order valence-electron chi connectivity index (χ2n) is 9.17. The van der Waals surface area contributed by atoms with Crippen LogP contribution in [-0.4, -0.2) is 0 Å². The molecule has 0 aromatic heterocycles. The van der Waals surface area contributed by atoms with Gasteiger partial charge in [-0.1, -0.05) is 109 Å². The summed E-state index contributed by atoms with van der Waals surface area (Å²) in [5, 5.41) is 0. The molecule has 0 N–H and O–H groups in total. The number of benzene rings is 5. The maximum absolute atomic E-state index is 2.33. The number of hydrogen-bond donors (Lipinski definition) is 0. The topological polar surface area (TPSA) is 0 Å². The summed E-state index contributed by atoms with van der Waals surface area (Å²) in [4.78, 5) is 0. The van der Waals surface area contributed by atoms with Gasteiger partial charge in [0.1, 0.15) is 0 Å². The first-order valence-corrected chi connectivity index (χ1v) is 12.0. The summed E-state index contributed by atoms with van der Waals surface area (Å²) >= 11 is 0. The lowest BCUT2D eigenvalue weighted by molar-refractivity contribution is 1.40. The lowest BCUT2D eigenvalue weighted by Gasteiger charge is -2.24. The van der Waals surface area contributed by atoms with Gasteiger partial charge in [0.15, 0.2) is 0 Å². The predicted octanol–water partition coefficient (Wildman–Crippen LogP) is 9.59. The van der Waals surface area contributed by atoms with Crippen molar-refractivity contribution < 1.29 is 0 Å². The fourth-order valence-electron chi connectivity index (χ4n) is 5.07. The van der Waals surface area contributed by atoms with Crippen LogP contribution in [0.4, 0.5) is 0 Å². The summed E-state index contributed by atoms with van der Waals surface area (Å²) < 4.78 is 0. The minimum absolute atomic E-state index is 1.28. The van der Waals surface area contributed by atoms with E-state index in [2.05, 4.69) is 137 Å². The van der Waals surface area contributed by atoms with Crippen molar-refractivity contribution in [2.45, 2.75) is 27.7 Å². The van der Waals surface area contributed by atoms with Crippen molar-refractivity contribution in [3.63, 3.8) is 0 Å². The molecule has 0 aliphatic rings. The fourth-order valence-corrected chi connectivity index (χ4v) is 5.07. The van der Waals surface area contributed by atoms with Crippen molar-refractivity contribution in [3.8, 4) is 44.5 Å². The summed E-state index contributed by atoms with van der Waals surface area (Å²) in [6.45, 7) is 8.86. The van der Waals surface area contributed by atoms with E-state index in [1.54, 1.807) is 0 Å². The van der Waals surface area contributed by atoms with Gasteiger partial charge < -0.3 is 0 Å². The first-order chi connectivity index (χ1) is 16.6. The molecule has 0 radical (unpaired) electrons. The largest absolute Gasteiger partial charge is 0.0620 e. The van der Waals surface area contributed by atoms with Crippen molar-refractivity contribution >= 4 is 0 Å². The highest BCUT2D eigenvalue weighted by Crippen LogP contribution is 2.48. The molecule has 0 aliphatic heterocycles. The van der Waals surface area contributed by atoms with Gasteiger partial charge in [0.25, 0.3) is 0 Å². The van der Waals surface area contributed by atoms with Gasteiger partial charge in [-0.2, -0.15) is 0 Å². The summed E-state index contributed by atoms with van der Waals surface area (Å²) in [5.41, 5.74) is 15.5. The predicted molar refractivity (Wildman–Crippen MR) is 147 cm³/mol. The normalized spacial score (nSPS) is 10.9. The molecule has 0 spiro atoms. The maximum Gasteiger partial charge on any atom is -0.00177 e. The van der Waals surface area contributed by atoms with Crippen molar-refractivity contribution in [1.82, 2.24) is 0 Å². The lowest BCUT2D eigenvalue weighted by Crippen LogP contribution is -1.98. The number of hydrogen-bond acceptors (Lipinski definition) is 0. The van der Waals surface area contributed by atoms with Gasteiger partial charge in [-0.3, -0.25) is 0 Å². The molecule has 0 heterocycles. The van der Waals surface area contributed by atoms with Gasteiger partial charge in [-0.05, 0) is 94.5 Å². The van der Waals surface area contributed by atoms with Crippen LogP contribution < -0.4 is 0 Å². The van der Waals surface area contributed by atoms with Crippen LogP contribution in [-0.2, 0) is 0 Å². The Morgan fingerprint density at radius 2 is 0.529 bits per heavy atom. The van der Waals surface area contributed by atoms with E-state index in [0.29, 0.717) is 0 Å². The van der Waals surface area contributed by atoms with Crippen LogP contribution in [0.2, 0.25) is 0 Å². The third kappa shape index (κ3) is 3.86. The molecule has 0 amide bonds. The van der Waals surface area contributed by atoms with Crippen LogP contribution >= 0.6 is 0 Å². The molecule has 5 rings (SSSR count). The first-order valence-electron chi connectivity index (χ1n) is 12.0. The molecule has 0 saturated carbocycles. The molecule has 0 fully saturated rings. The van der Waals surface area contributed by atoms with Gasteiger partial charge in [-0.25, -0.2) is 0 Å². The smallest absolute Gasteiger partial charge is 0.00177 e. The van der Waals surface area contributed by atoms with Gasteiger partial charge in [-0.15, -0.1) is 0 Å². The van der Waals surface area contributed by atoms with E-state index in [1.165, 1.54) is 66.8 Å². The molecule has 0 nitrogen and oxygen atoms in total. The SMILES string of the molecule is Cc1ccccc1-c1ccc(-c2ccccc2C)c(-c2ccccc2C)c1-c1ccccc1C. The second-order valence-corrected chi connectivity index (χ2v) is 9.17. The van der Waals surface area contributed by atoms with Crippen molar-refractivity contribution in [1.29, 1.82) is 0 Å². The average Bonchev–Trinajstić information content (AvgIpc) is 2.85. The van der Waals surface area contributed by atoms with Gasteiger partial charge in [0, 0.05) is 0 Å². The second kappa shape index (κ2) is 9.15. The molecule has 34 heavy (non-hydrogen) atoms. The first kappa shape index (κ1) is 21.9. The molecule has 0 aliphatic carbocycles. The molecule has 0 bridgehead atoms. The zero-order chi connectivity index (χ0) is 23.7. The average molecular weight is 439 g/mol. The number of rotatable bonds is 4. The summed E-state index contributed by atoms with van der Waals surface area (Å²) in [6, 6.07) is 39.7. The highest BCUT2D eigenvalue weighted by atomic mass is 14.2. The zero-order valence-electron chi connectivity index (χ0n) is 20.4. The van der Waals surface area contributed by atoms with E-state index in [9.17, 15) is 0 Å². The molecule has 0 saturated heterocycles. The minimum atomic E-state index is 1.28. The van der Waals surface area contributed by atoms with E-state index >= 15 is 0 Å². The van der Waals surface area contributed by atoms with E-state index in [4.69, 9.17) is 0 Å². The summed E-state index contributed by atoms with van der Waals surface area (Å²) in [6.07, 6.45) is 0. The monoisotopic (exact) mass is 438 g/mol. The third-order valence-electron chi connectivity index (χ3n) is 6.90. The van der Waals surface area contributed by atoms with Crippen molar-refractivity contribution in [2.24, 2.45) is 0 Å². The highest BCUT2D eigenvalue weighted by molar-refractivity contribution is 6.03. The Bertz CT molecular complexity index is 1370. The maximum atomic E-state index is 2.33. The lowest BCUT2D eigenvalue weighted by atomic mass is 9.80. The van der Waals surface area contributed by atoms with Crippen molar-refractivity contribution in [3.05, 3.63) is 131 Å².